The van der Waals surface area contributed by atoms with Crippen LogP contribution in [0, 0.1) is 0 Å². The number of nitrogens with zero attached hydrogens (tertiary/aromatic N) is 2. The van der Waals surface area contributed by atoms with Gasteiger partial charge in [0.25, 0.3) is 0 Å². The van der Waals surface area contributed by atoms with E-state index in [9.17, 15) is 0 Å². The van der Waals surface area contributed by atoms with Crippen molar-refractivity contribution in [3.05, 3.63) is 60.6 Å². The molecule has 24 heavy (non-hydrogen) atoms. The number of para-hydroxylation sites is 1. The predicted molar refractivity (Wildman–Crippen MR) is 102 cm³/mol. The molecule has 3 rings (SSSR count). The Morgan fingerprint density at radius 2 is 2.00 bits per heavy atom. The quantitative estimate of drug-likeness (QED) is 0.673. The summed E-state index contributed by atoms with van der Waals surface area (Å²) in [6, 6.07) is 7.99. The lowest BCUT2D eigenvalue weighted by atomic mass is 10.2. The van der Waals surface area contributed by atoms with E-state index in [1.807, 2.05) is 54.8 Å². The van der Waals surface area contributed by atoms with Gasteiger partial charge in [-0.1, -0.05) is 24.3 Å². The van der Waals surface area contributed by atoms with Gasteiger partial charge in [0, 0.05) is 29.6 Å². The summed E-state index contributed by atoms with van der Waals surface area (Å²) in [6.45, 7) is 1.00. The summed E-state index contributed by atoms with van der Waals surface area (Å²) < 4.78 is 0. The molecule has 1 aliphatic rings. The zero-order valence-electron chi connectivity index (χ0n) is 13.3. The molecule has 0 spiro atoms. The summed E-state index contributed by atoms with van der Waals surface area (Å²) in [4.78, 5) is 9.38. The molecule has 0 aliphatic carbocycles. The molecule has 1 aromatic heterocycles. The first-order chi connectivity index (χ1) is 11.9. The first-order valence-electron chi connectivity index (χ1n) is 7.88. The van der Waals surface area contributed by atoms with Crippen molar-refractivity contribution in [1.29, 1.82) is 0 Å². The number of thioether (sulfide) groups is 1. The average molecular weight is 340 g/mol. The van der Waals surface area contributed by atoms with E-state index >= 15 is 0 Å². The van der Waals surface area contributed by atoms with Crippen LogP contribution in [0.4, 0.5) is 5.82 Å². The Morgan fingerprint density at radius 1 is 1.08 bits per heavy atom. The number of fused-ring (bicyclic) bond motifs is 1. The van der Waals surface area contributed by atoms with Gasteiger partial charge in [0.15, 0.2) is 5.82 Å². The van der Waals surface area contributed by atoms with Gasteiger partial charge in [-0.3, -0.25) is 0 Å². The number of hydrogen-bond acceptors (Lipinski definition) is 6. The lowest BCUT2D eigenvalue weighted by molar-refractivity contribution is 0.322. The Hall–Kier alpha value is -2.31. The Morgan fingerprint density at radius 3 is 2.92 bits per heavy atom. The minimum absolute atomic E-state index is 0.214. The Labute approximate surface area is 145 Å². The van der Waals surface area contributed by atoms with Crippen LogP contribution in [0.25, 0.3) is 16.6 Å². The van der Waals surface area contributed by atoms with Gasteiger partial charge < -0.3 is 15.7 Å². The van der Waals surface area contributed by atoms with E-state index in [4.69, 9.17) is 10.1 Å². The van der Waals surface area contributed by atoms with Crippen molar-refractivity contribution < 1.29 is 5.11 Å². The third-order valence-corrected chi connectivity index (χ3v) is 4.40. The molecular formula is C18H20N4OS. The highest BCUT2D eigenvalue weighted by molar-refractivity contribution is 7.99. The predicted octanol–water partition coefficient (Wildman–Crippen LogP) is 2.78. The second kappa shape index (κ2) is 8.52. The third-order valence-electron chi connectivity index (χ3n) is 3.44. The van der Waals surface area contributed by atoms with Crippen LogP contribution in [0.1, 0.15) is 5.82 Å². The molecule has 3 N–H and O–H groups in total. The molecule has 124 valence electrons. The molecule has 0 bridgehead atoms. The van der Waals surface area contributed by atoms with Crippen molar-refractivity contribution in [1.82, 2.24) is 15.3 Å². The zero-order valence-corrected chi connectivity index (χ0v) is 14.1. The minimum atomic E-state index is 0.214. The molecule has 1 aliphatic heterocycles. The highest BCUT2D eigenvalue weighted by atomic mass is 32.2. The lowest BCUT2D eigenvalue weighted by Crippen LogP contribution is -2.12. The first-order valence-corrected chi connectivity index (χ1v) is 9.03. The van der Waals surface area contributed by atoms with Crippen molar-refractivity contribution in [2.24, 2.45) is 0 Å². The van der Waals surface area contributed by atoms with Crippen molar-refractivity contribution >= 4 is 34.2 Å². The molecule has 0 saturated heterocycles. The minimum Gasteiger partial charge on any atom is -0.396 e. The maximum absolute atomic E-state index is 8.84. The van der Waals surface area contributed by atoms with Crippen LogP contribution < -0.4 is 10.6 Å². The van der Waals surface area contributed by atoms with Crippen molar-refractivity contribution in [3.63, 3.8) is 0 Å². The van der Waals surface area contributed by atoms with Crippen LogP contribution in [0.2, 0.25) is 0 Å². The summed E-state index contributed by atoms with van der Waals surface area (Å²) in [5.74, 6) is 3.17. The monoisotopic (exact) mass is 340 g/mol. The summed E-state index contributed by atoms with van der Waals surface area (Å²) >= 11 is 1.72. The van der Waals surface area contributed by atoms with E-state index in [-0.39, 0.29) is 6.61 Å². The van der Waals surface area contributed by atoms with E-state index < -0.39 is 0 Å². The second-order valence-corrected chi connectivity index (χ2v) is 6.37. The standard InChI is InChI=1S/C18H20N4OS/c23-11-13-24-12-10-20-17-14-6-3-4-7-15(14)21-18(22-17)16-8-2-1-5-9-19-16/h1-9,19,23H,10-13H2,(H,20,21,22). The molecule has 1 aromatic carbocycles. The van der Waals surface area contributed by atoms with E-state index in [0.29, 0.717) is 5.82 Å². The van der Waals surface area contributed by atoms with Crippen molar-refractivity contribution in [2.75, 3.05) is 30.0 Å². The molecule has 0 saturated carbocycles. The fraction of sp³-hybridized carbons (Fsp3) is 0.222. The lowest BCUT2D eigenvalue weighted by Gasteiger charge is -2.12. The van der Waals surface area contributed by atoms with E-state index in [0.717, 1.165) is 40.5 Å². The van der Waals surface area contributed by atoms with Gasteiger partial charge in [-0.2, -0.15) is 11.8 Å². The topological polar surface area (TPSA) is 70.1 Å². The molecule has 2 aromatic rings. The number of benzene rings is 1. The highest BCUT2D eigenvalue weighted by Gasteiger charge is 2.10. The van der Waals surface area contributed by atoms with Crippen LogP contribution in [-0.4, -0.2) is 39.7 Å². The summed E-state index contributed by atoms with van der Waals surface area (Å²) in [5.41, 5.74) is 1.77. The van der Waals surface area contributed by atoms with E-state index in [1.165, 1.54) is 0 Å². The summed E-state index contributed by atoms with van der Waals surface area (Å²) in [5, 5.41) is 16.5. The fourth-order valence-electron chi connectivity index (χ4n) is 2.34. The van der Waals surface area contributed by atoms with Crippen LogP contribution in [0.15, 0.2) is 54.8 Å². The van der Waals surface area contributed by atoms with E-state index in [1.54, 1.807) is 11.8 Å². The third kappa shape index (κ3) is 4.15. The number of nitrogens with one attached hydrogen (secondary N) is 2. The van der Waals surface area contributed by atoms with E-state index in [2.05, 4.69) is 15.6 Å². The van der Waals surface area contributed by atoms with Crippen LogP contribution in [0.5, 0.6) is 0 Å². The van der Waals surface area contributed by atoms with Crippen molar-refractivity contribution in [3.8, 4) is 0 Å². The number of aliphatic hydroxyl groups excluding tert-OH is 1. The number of aromatic nitrogens is 2. The molecule has 0 fully saturated rings. The molecule has 0 radical (unpaired) electrons. The molecule has 5 nitrogen and oxygen atoms in total. The molecule has 0 atom stereocenters. The van der Waals surface area contributed by atoms with Gasteiger partial charge in [0.2, 0.25) is 0 Å². The molecular weight excluding hydrogens is 320 g/mol. The second-order valence-electron chi connectivity index (χ2n) is 5.14. The number of anilines is 1. The number of aliphatic hydroxyl groups is 1. The highest BCUT2D eigenvalue weighted by Crippen LogP contribution is 2.22. The van der Waals surface area contributed by atoms with Crippen LogP contribution in [0.3, 0.4) is 0 Å². The summed E-state index contributed by atoms with van der Waals surface area (Å²) in [7, 11) is 0. The SMILES string of the molecule is OCCSCCNc1nc(C2=CC=CC=CN2)nc2ccccc12. The zero-order chi connectivity index (χ0) is 16.6. The molecule has 0 unspecified atom stereocenters. The number of hydrogen-bond donors (Lipinski definition) is 3. The first kappa shape index (κ1) is 16.5. The van der Waals surface area contributed by atoms with Gasteiger partial charge in [-0.05, 0) is 24.3 Å². The smallest absolute Gasteiger partial charge is 0.178 e. The molecule has 6 heteroatoms. The Bertz CT molecular complexity index is 786. The van der Waals surface area contributed by atoms with Gasteiger partial charge in [-0.25, -0.2) is 9.97 Å². The number of rotatable bonds is 7. The number of allylic oxidation sites excluding steroid dienone is 4. The Kier molecular flexibility index (Phi) is 5.87. The fourth-order valence-corrected chi connectivity index (χ4v) is 2.92. The van der Waals surface area contributed by atoms with Gasteiger partial charge in [-0.15, -0.1) is 0 Å². The summed E-state index contributed by atoms with van der Waals surface area (Å²) in [6.07, 6.45) is 9.68. The largest absolute Gasteiger partial charge is 0.396 e. The van der Waals surface area contributed by atoms with Crippen LogP contribution >= 0.6 is 11.8 Å². The van der Waals surface area contributed by atoms with Crippen LogP contribution in [-0.2, 0) is 0 Å². The van der Waals surface area contributed by atoms with Gasteiger partial charge in [0.05, 0.1) is 17.8 Å². The van der Waals surface area contributed by atoms with Gasteiger partial charge in [0.1, 0.15) is 5.82 Å². The maximum Gasteiger partial charge on any atom is 0.178 e. The normalized spacial score (nSPS) is 13.5. The average Bonchev–Trinajstić information content (AvgIpc) is 2.90. The van der Waals surface area contributed by atoms with Crippen molar-refractivity contribution in [2.45, 2.75) is 0 Å². The maximum atomic E-state index is 8.84. The Balaban J connectivity index is 1.87. The molecule has 0 amide bonds. The van der Waals surface area contributed by atoms with Gasteiger partial charge >= 0.3 is 0 Å². The molecule has 2 heterocycles.